The molecule has 0 bridgehead atoms. The summed E-state index contributed by atoms with van der Waals surface area (Å²) in [6.07, 6.45) is 2.90. The number of halogens is 2. The molecule has 0 saturated heterocycles. The zero-order chi connectivity index (χ0) is 16.9. The van der Waals surface area contributed by atoms with E-state index in [4.69, 9.17) is 11.6 Å². The first-order valence-electron chi connectivity index (χ1n) is 7.03. The zero-order valence-electron chi connectivity index (χ0n) is 12.4. The van der Waals surface area contributed by atoms with Crippen LogP contribution >= 0.6 is 11.6 Å². The van der Waals surface area contributed by atoms with Crippen molar-refractivity contribution in [1.82, 2.24) is 9.78 Å². The molecule has 1 aromatic heterocycles. The third-order valence-electron chi connectivity index (χ3n) is 3.19. The Balaban J connectivity index is 1.81. The van der Waals surface area contributed by atoms with Crippen LogP contribution in [-0.4, -0.2) is 16.0 Å². The van der Waals surface area contributed by atoms with E-state index in [1.165, 1.54) is 29.2 Å². The SMILES string of the molecule is O=c1c(Cl)c(N/N=C\c2ccc(F)cc2)cnn1-c1ccccc1. The molecule has 3 aromatic rings. The van der Waals surface area contributed by atoms with Crippen LogP contribution < -0.4 is 11.0 Å². The molecule has 0 radical (unpaired) electrons. The molecule has 120 valence electrons. The van der Waals surface area contributed by atoms with Gasteiger partial charge in [-0.1, -0.05) is 41.9 Å². The number of hydrogen-bond donors (Lipinski definition) is 1. The van der Waals surface area contributed by atoms with Gasteiger partial charge in [0.05, 0.1) is 18.1 Å². The number of aromatic nitrogens is 2. The van der Waals surface area contributed by atoms with Crippen molar-refractivity contribution < 1.29 is 4.39 Å². The second-order valence-electron chi connectivity index (χ2n) is 4.85. The van der Waals surface area contributed by atoms with Crippen LogP contribution in [0.3, 0.4) is 0 Å². The van der Waals surface area contributed by atoms with Crippen molar-refractivity contribution in [2.75, 3.05) is 5.43 Å². The predicted molar refractivity (Wildman–Crippen MR) is 92.5 cm³/mol. The summed E-state index contributed by atoms with van der Waals surface area (Å²) in [7, 11) is 0. The Hall–Kier alpha value is -2.99. The van der Waals surface area contributed by atoms with Crippen LogP contribution in [0.25, 0.3) is 5.69 Å². The van der Waals surface area contributed by atoms with E-state index in [2.05, 4.69) is 15.6 Å². The van der Waals surface area contributed by atoms with Crippen LogP contribution in [0.5, 0.6) is 0 Å². The van der Waals surface area contributed by atoms with E-state index in [9.17, 15) is 9.18 Å². The van der Waals surface area contributed by atoms with Crippen molar-refractivity contribution in [2.45, 2.75) is 0 Å². The molecule has 1 heterocycles. The number of para-hydroxylation sites is 1. The van der Waals surface area contributed by atoms with E-state index in [1.807, 2.05) is 6.07 Å². The molecule has 1 N–H and O–H groups in total. The van der Waals surface area contributed by atoms with E-state index >= 15 is 0 Å². The normalized spacial score (nSPS) is 10.9. The number of nitrogens with zero attached hydrogens (tertiary/aromatic N) is 3. The molecule has 0 spiro atoms. The standard InChI is InChI=1S/C17H12ClFN4O/c18-16-15(22-20-10-12-6-8-13(19)9-7-12)11-21-23(17(16)24)14-4-2-1-3-5-14/h1-11,22H/b20-10-. The smallest absolute Gasteiger partial charge is 0.275 e. The van der Waals surface area contributed by atoms with Crippen molar-refractivity contribution in [3.05, 3.63) is 87.6 Å². The summed E-state index contributed by atoms with van der Waals surface area (Å²) >= 11 is 6.09. The largest absolute Gasteiger partial charge is 0.292 e. The van der Waals surface area contributed by atoms with Gasteiger partial charge in [0.1, 0.15) is 16.5 Å². The Morgan fingerprint density at radius 3 is 2.54 bits per heavy atom. The fourth-order valence-corrected chi connectivity index (χ4v) is 2.16. The number of anilines is 1. The first-order valence-corrected chi connectivity index (χ1v) is 7.41. The maximum absolute atomic E-state index is 12.8. The van der Waals surface area contributed by atoms with Gasteiger partial charge < -0.3 is 0 Å². The number of benzene rings is 2. The van der Waals surface area contributed by atoms with Gasteiger partial charge >= 0.3 is 0 Å². The molecule has 0 aliphatic rings. The van der Waals surface area contributed by atoms with Crippen LogP contribution in [0.2, 0.25) is 5.02 Å². The van der Waals surface area contributed by atoms with Gasteiger partial charge in [0, 0.05) is 0 Å². The highest BCUT2D eigenvalue weighted by molar-refractivity contribution is 6.32. The summed E-state index contributed by atoms with van der Waals surface area (Å²) in [6.45, 7) is 0. The lowest BCUT2D eigenvalue weighted by Gasteiger charge is -2.07. The molecule has 3 rings (SSSR count). The van der Waals surface area contributed by atoms with Crippen LogP contribution in [0.1, 0.15) is 5.56 Å². The highest BCUT2D eigenvalue weighted by Gasteiger charge is 2.09. The number of hydrazone groups is 1. The molecule has 0 fully saturated rings. The minimum atomic E-state index is -0.454. The highest BCUT2D eigenvalue weighted by Crippen LogP contribution is 2.16. The van der Waals surface area contributed by atoms with Gasteiger partial charge in [-0.2, -0.15) is 14.9 Å². The second kappa shape index (κ2) is 7.06. The first kappa shape index (κ1) is 15.9. The average Bonchev–Trinajstić information content (AvgIpc) is 2.61. The number of nitrogens with one attached hydrogen (secondary N) is 1. The number of hydrogen-bond acceptors (Lipinski definition) is 4. The summed E-state index contributed by atoms with van der Waals surface area (Å²) in [6, 6.07) is 14.8. The minimum absolute atomic E-state index is 0.0230. The molecule has 0 saturated carbocycles. The van der Waals surface area contributed by atoms with Gasteiger partial charge in [-0.25, -0.2) is 4.39 Å². The van der Waals surface area contributed by atoms with E-state index < -0.39 is 5.56 Å². The van der Waals surface area contributed by atoms with Crippen LogP contribution in [-0.2, 0) is 0 Å². The van der Waals surface area contributed by atoms with Gasteiger partial charge in [-0.15, -0.1) is 0 Å². The van der Waals surface area contributed by atoms with Crippen LogP contribution in [0.4, 0.5) is 10.1 Å². The fourth-order valence-electron chi connectivity index (χ4n) is 1.99. The second-order valence-corrected chi connectivity index (χ2v) is 5.22. The Bertz CT molecular complexity index is 924. The summed E-state index contributed by atoms with van der Waals surface area (Å²) in [5, 5.41) is 8.03. The quantitative estimate of drug-likeness (QED) is 0.583. The molecule has 0 aliphatic carbocycles. The Morgan fingerprint density at radius 1 is 1.12 bits per heavy atom. The molecule has 5 nitrogen and oxygen atoms in total. The molecular formula is C17H12ClFN4O. The maximum Gasteiger partial charge on any atom is 0.292 e. The van der Waals surface area contributed by atoms with Gasteiger partial charge in [-0.3, -0.25) is 10.2 Å². The highest BCUT2D eigenvalue weighted by atomic mass is 35.5. The lowest BCUT2D eigenvalue weighted by Crippen LogP contribution is -2.22. The maximum atomic E-state index is 12.8. The Kier molecular flexibility index (Phi) is 4.67. The van der Waals surface area contributed by atoms with Crippen molar-refractivity contribution in [3.63, 3.8) is 0 Å². The predicted octanol–water partition coefficient (Wildman–Crippen LogP) is 3.47. The summed E-state index contributed by atoms with van der Waals surface area (Å²) < 4.78 is 14.0. The van der Waals surface area contributed by atoms with E-state index in [0.717, 1.165) is 0 Å². The van der Waals surface area contributed by atoms with Gasteiger partial charge in [0.25, 0.3) is 5.56 Å². The third-order valence-corrected chi connectivity index (χ3v) is 3.55. The van der Waals surface area contributed by atoms with Crippen molar-refractivity contribution in [1.29, 1.82) is 0 Å². The molecule has 7 heteroatoms. The fraction of sp³-hybridized carbons (Fsp3) is 0. The van der Waals surface area contributed by atoms with Crippen molar-refractivity contribution >= 4 is 23.5 Å². The van der Waals surface area contributed by atoms with Gasteiger partial charge in [-0.05, 0) is 29.8 Å². The average molecular weight is 343 g/mol. The molecule has 0 amide bonds. The molecule has 0 unspecified atom stereocenters. The van der Waals surface area contributed by atoms with Crippen LogP contribution in [0.15, 0.2) is 70.7 Å². The summed E-state index contributed by atoms with van der Waals surface area (Å²) in [5.41, 5.74) is 3.81. The van der Waals surface area contributed by atoms with Crippen LogP contribution in [0, 0.1) is 5.82 Å². The van der Waals surface area contributed by atoms with Gasteiger partial charge in [0.15, 0.2) is 0 Å². The number of rotatable bonds is 4. The van der Waals surface area contributed by atoms with Gasteiger partial charge in [0.2, 0.25) is 0 Å². The van der Waals surface area contributed by atoms with E-state index in [0.29, 0.717) is 11.3 Å². The van der Waals surface area contributed by atoms with Crippen molar-refractivity contribution in [2.24, 2.45) is 5.10 Å². The third kappa shape index (κ3) is 3.49. The summed E-state index contributed by atoms with van der Waals surface area (Å²) in [5.74, 6) is -0.322. The monoisotopic (exact) mass is 342 g/mol. The summed E-state index contributed by atoms with van der Waals surface area (Å²) in [4.78, 5) is 12.3. The zero-order valence-corrected chi connectivity index (χ0v) is 13.1. The first-order chi connectivity index (χ1) is 11.6. The topological polar surface area (TPSA) is 59.3 Å². The minimum Gasteiger partial charge on any atom is -0.275 e. The molecular weight excluding hydrogens is 331 g/mol. The van der Waals surface area contributed by atoms with Crippen molar-refractivity contribution in [3.8, 4) is 5.69 Å². The van der Waals surface area contributed by atoms with E-state index in [1.54, 1.807) is 36.4 Å². The Morgan fingerprint density at radius 2 is 1.83 bits per heavy atom. The molecule has 0 aliphatic heterocycles. The van der Waals surface area contributed by atoms with E-state index in [-0.39, 0.29) is 16.5 Å². The molecule has 0 atom stereocenters. The lowest BCUT2D eigenvalue weighted by molar-refractivity contribution is 0.628. The molecule has 2 aromatic carbocycles. The molecule has 24 heavy (non-hydrogen) atoms. The lowest BCUT2D eigenvalue weighted by atomic mass is 10.2. The Labute approximate surface area is 142 Å².